The largest absolute Gasteiger partial charge is 0.384 e. The Morgan fingerprint density at radius 1 is 0.929 bits per heavy atom. The van der Waals surface area contributed by atoms with E-state index in [0.29, 0.717) is 5.75 Å². The zero-order chi connectivity index (χ0) is 9.97. The summed E-state index contributed by atoms with van der Waals surface area (Å²) < 4.78 is 25.2. The molecule has 0 spiro atoms. The Bertz CT molecular complexity index is 524. The van der Waals surface area contributed by atoms with Gasteiger partial charge in [0.25, 0.3) is 11.0 Å². The highest BCUT2D eigenvalue weighted by molar-refractivity contribution is 7.67. The third-order valence-electron chi connectivity index (χ3n) is 1.90. The molecule has 0 aliphatic rings. The Hall–Kier alpha value is -1.55. The lowest BCUT2D eigenvalue weighted by atomic mass is 10.1. The number of benzene rings is 2. The molecule has 0 unspecified atom stereocenters. The summed E-state index contributed by atoms with van der Waals surface area (Å²) in [6.07, 6.45) is 0. The van der Waals surface area contributed by atoms with Crippen molar-refractivity contribution in [3.05, 3.63) is 42.5 Å². The summed E-state index contributed by atoms with van der Waals surface area (Å²) in [4.78, 5) is 0. The first-order valence-electron chi connectivity index (χ1n) is 4.07. The molecule has 0 saturated heterocycles. The minimum absolute atomic E-state index is 0.347. The van der Waals surface area contributed by atoms with Gasteiger partial charge in [0.15, 0.2) is 0 Å². The van der Waals surface area contributed by atoms with E-state index in [4.69, 9.17) is 0 Å². The molecule has 14 heavy (non-hydrogen) atoms. The van der Waals surface area contributed by atoms with Gasteiger partial charge in [0.05, 0.1) is 0 Å². The molecule has 0 amide bonds. The normalized spacial score (nSPS) is 10.6. The second-order valence-electron chi connectivity index (χ2n) is 2.82. The molecule has 0 heterocycles. The first-order valence-corrected chi connectivity index (χ1v) is 5.16. The van der Waals surface area contributed by atoms with E-state index in [1.165, 1.54) is 0 Å². The highest BCUT2D eigenvalue weighted by atomic mass is 32.2. The van der Waals surface area contributed by atoms with Crippen molar-refractivity contribution in [2.24, 2.45) is 0 Å². The van der Waals surface area contributed by atoms with Crippen molar-refractivity contribution in [2.75, 3.05) is 0 Å². The molecular weight excluding hydrogens is 200 g/mol. The van der Waals surface area contributed by atoms with Gasteiger partial charge in [-0.05, 0) is 22.9 Å². The van der Waals surface area contributed by atoms with E-state index in [1.54, 1.807) is 12.1 Å². The maximum Gasteiger partial charge on any atom is 0.299 e. The molecule has 0 fully saturated rings. The van der Waals surface area contributed by atoms with Crippen molar-refractivity contribution < 1.29 is 12.6 Å². The summed E-state index contributed by atoms with van der Waals surface area (Å²) in [5.41, 5.74) is 0. The van der Waals surface area contributed by atoms with E-state index in [2.05, 4.69) is 4.18 Å². The van der Waals surface area contributed by atoms with Crippen LogP contribution in [0.1, 0.15) is 0 Å². The molecule has 0 bridgehead atoms. The van der Waals surface area contributed by atoms with E-state index in [1.807, 2.05) is 30.3 Å². The molecule has 0 radical (unpaired) electrons. The Kier molecular flexibility index (Phi) is 2.37. The highest BCUT2D eigenvalue weighted by Crippen LogP contribution is 2.20. The monoisotopic (exact) mass is 208 g/mol. The first kappa shape index (κ1) is 9.02. The minimum atomic E-state index is -2.83. The standard InChI is InChI=1S/C10H8O3S/c11-14(12)13-10-6-5-8-3-1-2-4-9(8)7-10/h1-7,14H. The Labute approximate surface area is 83.1 Å². The highest BCUT2D eigenvalue weighted by Gasteiger charge is 1.96. The van der Waals surface area contributed by atoms with Crippen LogP contribution >= 0.6 is 0 Å². The molecule has 0 saturated carbocycles. The average Bonchev–Trinajstić information content (AvgIpc) is 2.17. The quantitative estimate of drug-likeness (QED) is 0.764. The zero-order valence-electron chi connectivity index (χ0n) is 7.21. The number of thiol groups is 1. The lowest BCUT2D eigenvalue weighted by Gasteiger charge is -2.00. The third-order valence-corrected chi connectivity index (χ3v) is 2.26. The third kappa shape index (κ3) is 1.85. The molecule has 2 rings (SSSR count). The Balaban J connectivity index is 2.51. The fourth-order valence-corrected chi connectivity index (χ4v) is 1.60. The van der Waals surface area contributed by atoms with E-state index in [-0.39, 0.29) is 0 Å². The minimum Gasteiger partial charge on any atom is -0.384 e. The van der Waals surface area contributed by atoms with Crippen LogP contribution in [0.5, 0.6) is 5.75 Å². The van der Waals surface area contributed by atoms with E-state index >= 15 is 0 Å². The predicted molar refractivity (Wildman–Crippen MR) is 54.9 cm³/mol. The van der Waals surface area contributed by atoms with Crippen LogP contribution < -0.4 is 4.18 Å². The van der Waals surface area contributed by atoms with Crippen LogP contribution in [0.4, 0.5) is 0 Å². The van der Waals surface area contributed by atoms with Crippen LogP contribution in [-0.2, 0) is 11.0 Å². The molecule has 0 atom stereocenters. The fourth-order valence-electron chi connectivity index (χ4n) is 1.31. The van der Waals surface area contributed by atoms with Gasteiger partial charge in [-0.2, -0.15) is 8.42 Å². The van der Waals surface area contributed by atoms with Crippen LogP contribution in [0.2, 0.25) is 0 Å². The van der Waals surface area contributed by atoms with Gasteiger partial charge in [-0.1, -0.05) is 30.3 Å². The summed E-state index contributed by atoms with van der Waals surface area (Å²) in [7, 11) is -2.83. The first-order chi connectivity index (χ1) is 6.75. The van der Waals surface area contributed by atoms with Gasteiger partial charge in [-0.3, -0.25) is 0 Å². The van der Waals surface area contributed by atoms with Crippen LogP contribution in [-0.4, -0.2) is 8.42 Å². The molecule has 72 valence electrons. The lowest BCUT2D eigenvalue weighted by Crippen LogP contribution is -1.89. The van der Waals surface area contributed by atoms with Crippen molar-refractivity contribution in [3.8, 4) is 5.75 Å². The Morgan fingerprint density at radius 2 is 1.64 bits per heavy atom. The molecule has 4 heteroatoms. The van der Waals surface area contributed by atoms with Gasteiger partial charge in [-0.15, -0.1) is 0 Å². The number of hydrogen-bond acceptors (Lipinski definition) is 3. The van der Waals surface area contributed by atoms with Gasteiger partial charge < -0.3 is 4.18 Å². The van der Waals surface area contributed by atoms with E-state index in [0.717, 1.165) is 10.8 Å². The molecule has 2 aromatic carbocycles. The van der Waals surface area contributed by atoms with Crippen molar-refractivity contribution in [2.45, 2.75) is 0 Å². The molecule has 0 aliphatic carbocycles. The zero-order valence-corrected chi connectivity index (χ0v) is 8.11. The van der Waals surface area contributed by atoms with Gasteiger partial charge in [0, 0.05) is 0 Å². The number of fused-ring (bicyclic) bond motifs is 1. The van der Waals surface area contributed by atoms with Gasteiger partial charge in [0.1, 0.15) is 5.75 Å². The SMILES string of the molecule is O=[SH](=O)Oc1ccc2ccccc2c1. The maximum atomic E-state index is 10.3. The van der Waals surface area contributed by atoms with Gasteiger partial charge >= 0.3 is 0 Å². The van der Waals surface area contributed by atoms with Crippen molar-refractivity contribution >= 4 is 21.8 Å². The van der Waals surface area contributed by atoms with Crippen LogP contribution in [0, 0.1) is 0 Å². The lowest BCUT2D eigenvalue weighted by molar-refractivity contribution is 0.511. The molecule has 0 N–H and O–H groups in total. The van der Waals surface area contributed by atoms with Crippen molar-refractivity contribution in [1.29, 1.82) is 0 Å². The summed E-state index contributed by atoms with van der Waals surface area (Å²) in [6, 6.07) is 12.8. The Morgan fingerprint density at radius 3 is 2.36 bits per heavy atom. The molecule has 2 aromatic rings. The molecule has 0 aliphatic heterocycles. The van der Waals surface area contributed by atoms with Gasteiger partial charge in [-0.25, -0.2) is 0 Å². The summed E-state index contributed by atoms with van der Waals surface area (Å²) in [5.74, 6) is 0.347. The second kappa shape index (κ2) is 3.67. The van der Waals surface area contributed by atoms with E-state index < -0.39 is 11.0 Å². The van der Waals surface area contributed by atoms with Gasteiger partial charge in [0.2, 0.25) is 0 Å². The molecule has 0 aromatic heterocycles. The number of hydrogen-bond donors (Lipinski definition) is 1. The van der Waals surface area contributed by atoms with Crippen LogP contribution in [0.25, 0.3) is 10.8 Å². The predicted octanol–water partition coefficient (Wildman–Crippen LogP) is 1.74. The topological polar surface area (TPSA) is 43.4 Å². The molecular formula is C10H8O3S. The summed E-state index contributed by atoms with van der Waals surface area (Å²) in [5, 5.41) is 2.02. The van der Waals surface area contributed by atoms with E-state index in [9.17, 15) is 8.42 Å². The fraction of sp³-hybridized carbons (Fsp3) is 0. The van der Waals surface area contributed by atoms with Crippen molar-refractivity contribution in [1.82, 2.24) is 0 Å². The van der Waals surface area contributed by atoms with Crippen LogP contribution in [0.3, 0.4) is 0 Å². The number of rotatable bonds is 2. The van der Waals surface area contributed by atoms with Crippen molar-refractivity contribution in [3.63, 3.8) is 0 Å². The second-order valence-corrected chi connectivity index (χ2v) is 3.45. The molecule has 3 nitrogen and oxygen atoms in total. The maximum absolute atomic E-state index is 10.3. The van der Waals surface area contributed by atoms with Crippen LogP contribution in [0.15, 0.2) is 42.5 Å². The summed E-state index contributed by atoms with van der Waals surface area (Å²) >= 11 is 0. The summed E-state index contributed by atoms with van der Waals surface area (Å²) in [6.45, 7) is 0. The smallest absolute Gasteiger partial charge is 0.299 e. The average molecular weight is 208 g/mol.